The van der Waals surface area contributed by atoms with Crippen molar-refractivity contribution in [1.82, 2.24) is 10.2 Å². The van der Waals surface area contributed by atoms with Crippen LogP contribution in [0.1, 0.15) is 39.5 Å². The SMILES string of the molecule is CCC1(C)CN(CCCSC)C(C2CC2)CN1. The van der Waals surface area contributed by atoms with Crippen LogP contribution in [0, 0.1) is 5.92 Å². The number of hydrogen-bond donors (Lipinski definition) is 1. The number of piperazine rings is 1. The Morgan fingerprint density at radius 3 is 2.76 bits per heavy atom. The molecule has 100 valence electrons. The van der Waals surface area contributed by atoms with Crippen LogP contribution in [0.15, 0.2) is 0 Å². The van der Waals surface area contributed by atoms with Gasteiger partial charge in [-0.25, -0.2) is 0 Å². The Labute approximate surface area is 111 Å². The van der Waals surface area contributed by atoms with Crippen LogP contribution in [0.3, 0.4) is 0 Å². The summed E-state index contributed by atoms with van der Waals surface area (Å²) < 4.78 is 0. The Bertz CT molecular complexity index is 242. The van der Waals surface area contributed by atoms with E-state index in [2.05, 4.69) is 30.3 Å². The van der Waals surface area contributed by atoms with Gasteiger partial charge in [-0.15, -0.1) is 0 Å². The molecular formula is C14H28N2S. The molecule has 2 unspecified atom stereocenters. The first-order chi connectivity index (χ1) is 8.18. The molecule has 1 saturated heterocycles. The van der Waals surface area contributed by atoms with Crippen molar-refractivity contribution in [2.45, 2.75) is 51.1 Å². The van der Waals surface area contributed by atoms with Crippen LogP contribution in [0.5, 0.6) is 0 Å². The Morgan fingerprint density at radius 1 is 1.41 bits per heavy atom. The van der Waals surface area contributed by atoms with Crippen molar-refractivity contribution in [2.75, 3.05) is 31.6 Å². The van der Waals surface area contributed by atoms with Gasteiger partial charge in [0.05, 0.1) is 0 Å². The van der Waals surface area contributed by atoms with Gasteiger partial charge in [0.1, 0.15) is 0 Å². The lowest BCUT2D eigenvalue weighted by atomic mass is 9.92. The Balaban J connectivity index is 1.89. The molecular weight excluding hydrogens is 228 g/mol. The van der Waals surface area contributed by atoms with E-state index >= 15 is 0 Å². The molecule has 2 aliphatic rings. The average Bonchev–Trinajstić information content (AvgIpc) is 3.14. The van der Waals surface area contributed by atoms with E-state index < -0.39 is 0 Å². The number of nitrogens with one attached hydrogen (secondary N) is 1. The number of hydrogen-bond acceptors (Lipinski definition) is 3. The molecule has 2 nitrogen and oxygen atoms in total. The van der Waals surface area contributed by atoms with Gasteiger partial charge in [0.2, 0.25) is 0 Å². The summed E-state index contributed by atoms with van der Waals surface area (Å²) >= 11 is 1.98. The molecule has 0 spiro atoms. The lowest BCUT2D eigenvalue weighted by molar-refractivity contribution is 0.0732. The quantitative estimate of drug-likeness (QED) is 0.735. The van der Waals surface area contributed by atoms with Gasteiger partial charge < -0.3 is 5.32 Å². The fourth-order valence-electron chi connectivity index (χ4n) is 2.94. The third-order valence-corrected chi connectivity index (χ3v) is 5.20. The molecule has 3 heteroatoms. The third kappa shape index (κ3) is 3.62. The summed E-state index contributed by atoms with van der Waals surface area (Å²) in [4.78, 5) is 2.79. The van der Waals surface area contributed by atoms with E-state index in [0.29, 0.717) is 5.54 Å². The topological polar surface area (TPSA) is 15.3 Å². The maximum atomic E-state index is 3.79. The lowest BCUT2D eigenvalue weighted by Gasteiger charge is -2.46. The molecule has 2 atom stereocenters. The van der Waals surface area contributed by atoms with Crippen LogP contribution in [-0.4, -0.2) is 48.1 Å². The molecule has 1 saturated carbocycles. The van der Waals surface area contributed by atoms with E-state index in [9.17, 15) is 0 Å². The second-order valence-corrected chi connectivity index (χ2v) is 7.00. The van der Waals surface area contributed by atoms with Crippen molar-refractivity contribution < 1.29 is 0 Å². The third-order valence-electron chi connectivity index (χ3n) is 4.50. The predicted molar refractivity (Wildman–Crippen MR) is 77.8 cm³/mol. The summed E-state index contributed by atoms with van der Waals surface area (Å²) in [5.74, 6) is 2.31. The molecule has 0 radical (unpaired) electrons. The van der Waals surface area contributed by atoms with Crippen molar-refractivity contribution in [3.05, 3.63) is 0 Å². The van der Waals surface area contributed by atoms with E-state index in [1.165, 1.54) is 51.1 Å². The summed E-state index contributed by atoms with van der Waals surface area (Å²) in [5.41, 5.74) is 0.352. The molecule has 0 aromatic heterocycles. The summed E-state index contributed by atoms with van der Waals surface area (Å²) in [6.07, 6.45) is 7.74. The van der Waals surface area contributed by atoms with Gasteiger partial charge >= 0.3 is 0 Å². The van der Waals surface area contributed by atoms with Crippen molar-refractivity contribution in [3.8, 4) is 0 Å². The highest BCUT2D eigenvalue weighted by Gasteiger charge is 2.41. The zero-order valence-corrected chi connectivity index (χ0v) is 12.5. The molecule has 0 bridgehead atoms. The van der Waals surface area contributed by atoms with Crippen LogP contribution >= 0.6 is 11.8 Å². The number of rotatable bonds is 6. The predicted octanol–water partition coefficient (Wildman–Crippen LogP) is 2.59. The van der Waals surface area contributed by atoms with Crippen molar-refractivity contribution in [3.63, 3.8) is 0 Å². The highest BCUT2D eigenvalue weighted by molar-refractivity contribution is 7.98. The van der Waals surface area contributed by atoms with E-state index in [4.69, 9.17) is 0 Å². The molecule has 2 rings (SSSR count). The zero-order chi connectivity index (χ0) is 12.3. The lowest BCUT2D eigenvalue weighted by Crippen LogP contribution is -2.63. The fourth-order valence-corrected chi connectivity index (χ4v) is 3.36. The first-order valence-electron chi connectivity index (χ1n) is 7.16. The van der Waals surface area contributed by atoms with Crippen LogP contribution in [-0.2, 0) is 0 Å². The van der Waals surface area contributed by atoms with Crippen LogP contribution in [0.2, 0.25) is 0 Å². The second-order valence-electron chi connectivity index (χ2n) is 6.02. The molecule has 0 amide bonds. The van der Waals surface area contributed by atoms with Gasteiger partial charge in [-0.1, -0.05) is 6.92 Å². The van der Waals surface area contributed by atoms with Gasteiger partial charge in [-0.3, -0.25) is 4.90 Å². The molecule has 0 aromatic carbocycles. The fraction of sp³-hybridized carbons (Fsp3) is 1.00. The number of nitrogens with zero attached hydrogens (tertiary/aromatic N) is 1. The van der Waals surface area contributed by atoms with Crippen molar-refractivity contribution in [1.29, 1.82) is 0 Å². The van der Waals surface area contributed by atoms with Crippen molar-refractivity contribution in [2.24, 2.45) is 5.92 Å². The maximum Gasteiger partial charge on any atom is 0.0278 e. The second kappa shape index (κ2) is 5.94. The Hall–Kier alpha value is 0.270. The van der Waals surface area contributed by atoms with Gasteiger partial charge in [0.25, 0.3) is 0 Å². The van der Waals surface area contributed by atoms with Crippen LogP contribution in [0.4, 0.5) is 0 Å². The molecule has 17 heavy (non-hydrogen) atoms. The smallest absolute Gasteiger partial charge is 0.0278 e. The molecule has 1 heterocycles. The van der Waals surface area contributed by atoms with Gasteiger partial charge in [-0.05, 0) is 57.1 Å². The maximum absolute atomic E-state index is 3.79. The van der Waals surface area contributed by atoms with E-state index in [1.54, 1.807) is 0 Å². The first kappa shape index (κ1) is 13.7. The molecule has 2 fully saturated rings. The Kier molecular flexibility index (Phi) is 4.79. The number of thioether (sulfide) groups is 1. The van der Waals surface area contributed by atoms with E-state index in [0.717, 1.165) is 12.0 Å². The molecule has 1 N–H and O–H groups in total. The summed E-state index contributed by atoms with van der Waals surface area (Å²) in [5, 5.41) is 3.79. The standard InChI is InChI=1S/C14H28N2S/c1-4-14(2)11-16(8-5-9-17-3)13(10-15-14)12-6-7-12/h12-13,15H,4-11H2,1-3H3. The first-order valence-corrected chi connectivity index (χ1v) is 8.56. The highest BCUT2D eigenvalue weighted by Crippen LogP contribution is 2.37. The van der Waals surface area contributed by atoms with Gasteiger partial charge in [0, 0.05) is 24.7 Å². The minimum Gasteiger partial charge on any atom is -0.309 e. The van der Waals surface area contributed by atoms with Gasteiger partial charge in [0.15, 0.2) is 0 Å². The summed E-state index contributed by atoms with van der Waals surface area (Å²) in [6, 6.07) is 0.830. The highest BCUT2D eigenvalue weighted by atomic mass is 32.2. The average molecular weight is 256 g/mol. The minimum absolute atomic E-state index is 0.352. The summed E-state index contributed by atoms with van der Waals surface area (Å²) in [6.45, 7) is 8.47. The molecule has 1 aliphatic carbocycles. The van der Waals surface area contributed by atoms with Crippen molar-refractivity contribution >= 4 is 11.8 Å². The Morgan fingerprint density at radius 2 is 2.18 bits per heavy atom. The van der Waals surface area contributed by atoms with E-state index in [1.807, 2.05) is 11.8 Å². The van der Waals surface area contributed by atoms with Gasteiger partial charge in [-0.2, -0.15) is 11.8 Å². The summed E-state index contributed by atoms with van der Waals surface area (Å²) in [7, 11) is 0. The normalized spacial score (nSPS) is 35.1. The minimum atomic E-state index is 0.352. The molecule has 1 aliphatic heterocycles. The van der Waals surface area contributed by atoms with Crippen LogP contribution < -0.4 is 5.32 Å². The van der Waals surface area contributed by atoms with E-state index in [-0.39, 0.29) is 0 Å². The molecule has 0 aromatic rings. The zero-order valence-electron chi connectivity index (χ0n) is 11.7. The van der Waals surface area contributed by atoms with Crippen LogP contribution in [0.25, 0.3) is 0 Å². The monoisotopic (exact) mass is 256 g/mol. The largest absolute Gasteiger partial charge is 0.309 e.